The molecule has 9 nitrogen and oxygen atoms in total. The van der Waals surface area contributed by atoms with Gasteiger partial charge in [-0.05, 0) is 26.8 Å². The van der Waals surface area contributed by atoms with E-state index in [0.717, 1.165) is 22.3 Å². The molecule has 0 aliphatic heterocycles. The first kappa shape index (κ1) is 19.5. The second kappa shape index (κ2) is 7.93. The summed E-state index contributed by atoms with van der Waals surface area (Å²) in [5.74, 6) is 0.609. The van der Waals surface area contributed by atoms with Crippen molar-refractivity contribution < 1.29 is 5.11 Å². The van der Waals surface area contributed by atoms with Crippen LogP contribution in [0.4, 0.5) is 5.69 Å². The normalized spacial score (nSPS) is 12.3. The SMILES string of the molecule is CC(C)Nc1cc(-n2ncc3cc(C#N)cnc32)ncc1-c1cn(C[C@H](C)O)cn1. The van der Waals surface area contributed by atoms with Crippen LogP contribution in [0.15, 0.2) is 43.2 Å². The number of rotatable bonds is 6. The Morgan fingerprint density at radius 2 is 1.97 bits per heavy atom. The summed E-state index contributed by atoms with van der Waals surface area (Å²) in [4.78, 5) is 13.4. The number of aliphatic hydroxyl groups is 1. The highest BCUT2D eigenvalue weighted by atomic mass is 16.3. The van der Waals surface area contributed by atoms with Crippen molar-refractivity contribution in [3.63, 3.8) is 0 Å². The summed E-state index contributed by atoms with van der Waals surface area (Å²) in [6.07, 6.45) is 8.09. The number of nitriles is 1. The second-order valence-corrected chi connectivity index (χ2v) is 7.50. The van der Waals surface area contributed by atoms with E-state index < -0.39 is 6.10 Å². The Morgan fingerprint density at radius 3 is 2.70 bits per heavy atom. The van der Waals surface area contributed by atoms with Crippen molar-refractivity contribution >= 4 is 16.7 Å². The molecule has 4 heterocycles. The smallest absolute Gasteiger partial charge is 0.164 e. The molecule has 0 saturated carbocycles. The topological polar surface area (TPSA) is 117 Å². The van der Waals surface area contributed by atoms with E-state index >= 15 is 0 Å². The molecule has 0 aromatic carbocycles. The number of fused-ring (bicyclic) bond motifs is 1. The number of pyridine rings is 2. The van der Waals surface area contributed by atoms with Crippen LogP contribution in [0.25, 0.3) is 28.1 Å². The molecule has 0 aliphatic rings. The molecular formula is C21H22N8O. The van der Waals surface area contributed by atoms with Crippen molar-refractivity contribution in [1.82, 2.24) is 29.3 Å². The van der Waals surface area contributed by atoms with Gasteiger partial charge in [-0.25, -0.2) is 15.0 Å². The maximum atomic E-state index is 9.61. The fourth-order valence-electron chi connectivity index (χ4n) is 3.25. The summed E-state index contributed by atoms with van der Waals surface area (Å²) in [5, 5.41) is 27.3. The van der Waals surface area contributed by atoms with Gasteiger partial charge >= 0.3 is 0 Å². The summed E-state index contributed by atoms with van der Waals surface area (Å²) in [7, 11) is 0. The van der Waals surface area contributed by atoms with Gasteiger partial charge in [0.2, 0.25) is 0 Å². The number of anilines is 1. The molecule has 4 rings (SSSR count). The molecule has 0 aliphatic carbocycles. The van der Waals surface area contributed by atoms with E-state index in [0.29, 0.717) is 23.6 Å². The van der Waals surface area contributed by atoms with Crippen LogP contribution >= 0.6 is 0 Å². The molecule has 9 heteroatoms. The summed E-state index contributed by atoms with van der Waals surface area (Å²) in [5.41, 5.74) is 3.61. The molecule has 1 atom stereocenters. The van der Waals surface area contributed by atoms with Gasteiger partial charge in [-0.2, -0.15) is 15.0 Å². The maximum absolute atomic E-state index is 9.61. The molecule has 30 heavy (non-hydrogen) atoms. The summed E-state index contributed by atoms with van der Waals surface area (Å²) in [6, 6.07) is 5.95. The number of nitrogens with zero attached hydrogens (tertiary/aromatic N) is 7. The fourth-order valence-corrected chi connectivity index (χ4v) is 3.25. The Hall–Kier alpha value is -3.77. The van der Waals surface area contributed by atoms with E-state index in [1.165, 1.54) is 6.20 Å². The zero-order chi connectivity index (χ0) is 21.3. The Labute approximate surface area is 173 Å². The maximum Gasteiger partial charge on any atom is 0.164 e. The Morgan fingerprint density at radius 1 is 1.13 bits per heavy atom. The highest BCUT2D eigenvalue weighted by Gasteiger charge is 2.15. The van der Waals surface area contributed by atoms with Gasteiger partial charge in [0.05, 0.1) is 29.9 Å². The lowest BCUT2D eigenvalue weighted by Crippen LogP contribution is -2.12. The van der Waals surface area contributed by atoms with E-state index in [2.05, 4.69) is 45.3 Å². The first-order chi connectivity index (χ1) is 14.4. The highest BCUT2D eigenvalue weighted by Crippen LogP contribution is 2.29. The lowest BCUT2D eigenvalue weighted by Gasteiger charge is -2.15. The monoisotopic (exact) mass is 402 g/mol. The van der Waals surface area contributed by atoms with Gasteiger partial charge in [-0.1, -0.05) is 0 Å². The van der Waals surface area contributed by atoms with Gasteiger partial charge in [0.15, 0.2) is 11.5 Å². The van der Waals surface area contributed by atoms with E-state index in [-0.39, 0.29) is 6.04 Å². The molecule has 4 aromatic heterocycles. The van der Waals surface area contributed by atoms with Gasteiger partial charge < -0.3 is 15.0 Å². The van der Waals surface area contributed by atoms with Crippen LogP contribution in [0.1, 0.15) is 26.3 Å². The van der Waals surface area contributed by atoms with E-state index in [9.17, 15) is 5.11 Å². The van der Waals surface area contributed by atoms with Crippen LogP contribution in [0.3, 0.4) is 0 Å². The van der Waals surface area contributed by atoms with Gasteiger partial charge in [-0.3, -0.25) is 0 Å². The number of nitrogens with one attached hydrogen (secondary N) is 1. The molecule has 0 saturated heterocycles. The molecule has 0 fully saturated rings. The molecule has 152 valence electrons. The quantitative estimate of drug-likeness (QED) is 0.509. The van der Waals surface area contributed by atoms with Crippen molar-refractivity contribution in [1.29, 1.82) is 5.26 Å². The standard InChI is InChI=1S/C21H22N8O/c1-13(2)27-18-5-20(29-21-16(8-26-29)4-15(6-22)7-24-21)23-9-17(18)19-11-28(12-25-19)10-14(3)30/h4-5,7-9,11-14,30H,10H2,1-3H3,(H,23,27)/t14-/m0/s1. The largest absolute Gasteiger partial charge is 0.392 e. The van der Waals surface area contributed by atoms with Crippen LogP contribution in [-0.4, -0.2) is 46.6 Å². The molecule has 2 N–H and O–H groups in total. The number of hydrogen-bond acceptors (Lipinski definition) is 7. The van der Waals surface area contributed by atoms with Gasteiger partial charge in [-0.15, -0.1) is 0 Å². The van der Waals surface area contributed by atoms with Crippen molar-refractivity contribution in [2.75, 3.05) is 5.32 Å². The van der Waals surface area contributed by atoms with E-state index in [1.54, 1.807) is 36.4 Å². The van der Waals surface area contributed by atoms with Crippen LogP contribution in [0, 0.1) is 11.3 Å². The van der Waals surface area contributed by atoms with E-state index in [1.807, 2.05) is 16.8 Å². The Balaban J connectivity index is 1.77. The summed E-state index contributed by atoms with van der Waals surface area (Å²) in [6.45, 7) is 6.33. The molecule has 0 radical (unpaired) electrons. The minimum atomic E-state index is -0.456. The second-order valence-electron chi connectivity index (χ2n) is 7.50. The van der Waals surface area contributed by atoms with Crippen LogP contribution < -0.4 is 5.32 Å². The van der Waals surface area contributed by atoms with Crippen molar-refractivity contribution in [2.24, 2.45) is 0 Å². The van der Waals surface area contributed by atoms with Crippen molar-refractivity contribution in [3.05, 3.63) is 48.8 Å². The summed E-state index contributed by atoms with van der Waals surface area (Å²) >= 11 is 0. The van der Waals surface area contributed by atoms with Crippen LogP contribution in [0.5, 0.6) is 0 Å². The van der Waals surface area contributed by atoms with Crippen molar-refractivity contribution in [2.45, 2.75) is 39.5 Å². The lowest BCUT2D eigenvalue weighted by atomic mass is 10.1. The minimum Gasteiger partial charge on any atom is -0.392 e. The highest BCUT2D eigenvalue weighted by molar-refractivity contribution is 5.79. The summed E-state index contributed by atoms with van der Waals surface area (Å²) < 4.78 is 3.50. The number of imidazole rings is 1. The molecule has 0 unspecified atom stereocenters. The molecule has 0 bridgehead atoms. The third-order valence-corrected chi connectivity index (χ3v) is 4.47. The minimum absolute atomic E-state index is 0.198. The first-order valence-corrected chi connectivity index (χ1v) is 9.65. The third-order valence-electron chi connectivity index (χ3n) is 4.47. The van der Waals surface area contributed by atoms with Gasteiger partial charge in [0, 0.05) is 53.9 Å². The zero-order valence-corrected chi connectivity index (χ0v) is 17.0. The third kappa shape index (κ3) is 3.86. The van der Waals surface area contributed by atoms with E-state index in [4.69, 9.17) is 5.26 Å². The van der Waals surface area contributed by atoms with Gasteiger partial charge in [0.1, 0.15) is 6.07 Å². The molecule has 0 amide bonds. The fraction of sp³-hybridized carbons (Fsp3) is 0.286. The average Bonchev–Trinajstić information content (AvgIpc) is 3.33. The lowest BCUT2D eigenvalue weighted by molar-refractivity contribution is 0.173. The predicted molar refractivity (Wildman–Crippen MR) is 113 cm³/mol. The number of aliphatic hydroxyl groups excluding tert-OH is 1. The average molecular weight is 402 g/mol. The van der Waals surface area contributed by atoms with Crippen LogP contribution in [-0.2, 0) is 6.54 Å². The Bertz CT molecular complexity index is 1230. The zero-order valence-electron chi connectivity index (χ0n) is 17.0. The molecular weight excluding hydrogens is 380 g/mol. The number of aromatic nitrogens is 6. The van der Waals surface area contributed by atoms with Gasteiger partial charge in [0.25, 0.3) is 0 Å². The Kier molecular flexibility index (Phi) is 5.16. The molecule has 0 spiro atoms. The predicted octanol–water partition coefficient (Wildman–Crippen LogP) is 2.75. The van der Waals surface area contributed by atoms with Crippen LogP contribution in [0.2, 0.25) is 0 Å². The molecule has 4 aromatic rings. The number of hydrogen-bond donors (Lipinski definition) is 2. The first-order valence-electron chi connectivity index (χ1n) is 9.65. The van der Waals surface area contributed by atoms with Crippen molar-refractivity contribution in [3.8, 4) is 23.1 Å².